The van der Waals surface area contributed by atoms with Crippen molar-refractivity contribution < 1.29 is 0 Å². The molecule has 0 radical (unpaired) electrons. The maximum absolute atomic E-state index is 5.89. The summed E-state index contributed by atoms with van der Waals surface area (Å²) in [5.41, 5.74) is 8.34. The van der Waals surface area contributed by atoms with E-state index in [4.69, 9.17) is 5.73 Å². The molecule has 0 bridgehead atoms. The van der Waals surface area contributed by atoms with E-state index in [1.54, 1.807) is 0 Å². The Kier molecular flexibility index (Phi) is 3.55. The fourth-order valence-corrected chi connectivity index (χ4v) is 2.82. The molecule has 1 aromatic carbocycles. The lowest BCUT2D eigenvalue weighted by Crippen LogP contribution is -2.37. The first-order chi connectivity index (χ1) is 7.59. The minimum absolute atomic E-state index is 0.0810. The monoisotopic (exact) mass is 282 g/mol. The van der Waals surface area contributed by atoms with E-state index in [0.717, 1.165) is 10.5 Å². The van der Waals surface area contributed by atoms with Crippen molar-refractivity contribution in [2.75, 3.05) is 11.9 Å². The number of hydrogen-bond donors (Lipinski definition) is 1. The molecule has 1 saturated carbocycles. The van der Waals surface area contributed by atoms with Gasteiger partial charge in [-0.15, -0.1) is 0 Å². The van der Waals surface area contributed by atoms with Crippen molar-refractivity contribution >= 4 is 21.6 Å². The van der Waals surface area contributed by atoms with Gasteiger partial charge in [-0.05, 0) is 43.9 Å². The molecule has 2 nitrogen and oxygen atoms in total. The van der Waals surface area contributed by atoms with Crippen LogP contribution in [0.1, 0.15) is 37.8 Å². The molecule has 0 heterocycles. The fourth-order valence-electron chi connectivity index (χ4n) is 2.09. The van der Waals surface area contributed by atoms with E-state index in [9.17, 15) is 0 Å². The van der Waals surface area contributed by atoms with Crippen molar-refractivity contribution in [3.05, 3.63) is 28.2 Å². The molecule has 1 atom stereocenters. The summed E-state index contributed by atoms with van der Waals surface area (Å²) in [6.45, 7) is 2.01. The summed E-state index contributed by atoms with van der Waals surface area (Å²) >= 11 is 3.60. The highest BCUT2D eigenvalue weighted by Crippen LogP contribution is 2.32. The zero-order chi connectivity index (χ0) is 11.7. The third-order valence-electron chi connectivity index (χ3n) is 3.50. The lowest BCUT2D eigenvalue weighted by molar-refractivity contribution is 0.401. The molecule has 1 unspecified atom stereocenters. The second-order valence-electron chi connectivity index (χ2n) is 4.69. The summed E-state index contributed by atoms with van der Waals surface area (Å²) in [6.07, 6.45) is 4.01. The smallest absolute Gasteiger partial charge is 0.0377 e. The topological polar surface area (TPSA) is 29.3 Å². The first kappa shape index (κ1) is 11.9. The molecule has 0 saturated heterocycles. The molecule has 0 amide bonds. The van der Waals surface area contributed by atoms with Crippen LogP contribution in [-0.2, 0) is 0 Å². The minimum Gasteiger partial charge on any atom is -0.372 e. The van der Waals surface area contributed by atoms with E-state index in [-0.39, 0.29) is 6.04 Å². The highest BCUT2D eigenvalue weighted by atomic mass is 79.9. The summed E-state index contributed by atoms with van der Waals surface area (Å²) in [5, 5.41) is 0. The van der Waals surface area contributed by atoms with Gasteiger partial charge in [0.15, 0.2) is 0 Å². The molecule has 2 rings (SSSR count). The normalized spacial score (nSPS) is 18.0. The van der Waals surface area contributed by atoms with E-state index >= 15 is 0 Å². The molecular weight excluding hydrogens is 264 g/mol. The summed E-state index contributed by atoms with van der Waals surface area (Å²) in [5.74, 6) is 0. The molecule has 1 aliphatic carbocycles. The average molecular weight is 283 g/mol. The van der Waals surface area contributed by atoms with Crippen LogP contribution in [0.2, 0.25) is 0 Å². The van der Waals surface area contributed by atoms with Gasteiger partial charge in [0.05, 0.1) is 0 Å². The summed E-state index contributed by atoms with van der Waals surface area (Å²) < 4.78 is 1.12. The first-order valence-electron chi connectivity index (χ1n) is 5.87. The predicted octanol–water partition coefficient (Wildman–Crippen LogP) is 3.46. The van der Waals surface area contributed by atoms with Crippen molar-refractivity contribution in [2.24, 2.45) is 5.73 Å². The number of benzene rings is 1. The van der Waals surface area contributed by atoms with E-state index in [1.165, 1.54) is 30.5 Å². The lowest BCUT2D eigenvalue weighted by Gasteiger charge is -2.36. The third kappa shape index (κ3) is 2.25. The Morgan fingerprint density at radius 3 is 2.56 bits per heavy atom. The Labute approximate surface area is 106 Å². The second kappa shape index (κ2) is 4.76. The van der Waals surface area contributed by atoms with Crippen molar-refractivity contribution in [3.63, 3.8) is 0 Å². The number of nitrogens with zero attached hydrogens (tertiary/aromatic N) is 1. The van der Waals surface area contributed by atoms with Gasteiger partial charge in [-0.25, -0.2) is 0 Å². The second-order valence-corrected chi connectivity index (χ2v) is 5.54. The highest BCUT2D eigenvalue weighted by molar-refractivity contribution is 9.10. The van der Waals surface area contributed by atoms with Gasteiger partial charge in [-0.1, -0.05) is 22.0 Å². The molecule has 1 fully saturated rings. The van der Waals surface area contributed by atoms with Gasteiger partial charge in [0, 0.05) is 29.3 Å². The Hall–Kier alpha value is -0.540. The average Bonchev–Trinajstić information content (AvgIpc) is 2.14. The van der Waals surface area contributed by atoms with Crippen LogP contribution in [0.5, 0.6) is 0 Å². The summed E-state index contributed by atoms with van der Waals surface area (Å²) in [6, 6.07) is 7.28. The van der Waals surface area contributed by atoms with E-state index in [0.29, 0.717) is 0 Å². The van der Waals surface area contributed by atoms with Gasteiger partial charge in [-0.3, -0.25) is 0 Å². The van der Waals surface area contributed by atoms with Crippen molar-refractivity contribution in [3.8, 4) is 0 Å². The van der Waals surface area contributed by atoms with Crippen LogP contribution < -0.4 is 10.6 Å². The summed E-state index contributed by atoms with van der Waals surface area (Å²) in [7, 11) is 2.18. The number of anilines is 1. The van der Waals surface area contributed by atoms with Crippen LogP contribution in [0.3, 0.4) is 0 Å². The standard InChI is InChI=1S/C13H19BrN2/c1-9(15)12-7-6-11(8-13(12)14)16(2)10-4-3-5-10/h6-10H,3-5,15H2,1-2H3. The number of hydrogen-bond acceptors (Lipinski definition) is 2. The van der Waals surface area contributed by atoms with Crippen molar-refractivity contribution in [1.82, 2.24) is 0 Å². The fraction of sp³-hybridized carbons (Fsp3) is 0.538. The van der Waals surface area contributed by atoms with Crippen LogP contribution >= 0.6 is 15.9 Å². The van der Waals surface area contributed by atoms with Gasteiger partial charge < -0.3 is 10.6 Å². The Balaban J connectivity index is 2.19. The Morgan fingerprint density at radius 2 is 2.12 bits per heavy atom. The molecular formula is C13H19BrN2. The van der Waals surface area contributed by atoms with Crippen LogP contribution in [0.15, 0.2) is 22.7 Å². The van der Waals surface area contributed by atoms with Gasteiger partial charge in [0.2, 0.25) is 0 Å². The third-order valence-corrected chi connectivity index (χ3v) is 4.19. The van der Waals surface area contributed by atoms with Gasteiger partial charge in [0.25, 0.3) is 0 Å². The predicted molar refractivity (Wildman–Crippen MR) is 72.8 cm³/mol. The molecule has 1 aliphatic rings. The largest absolute Gasteiger partial charge is 0.372 e. The Bertz CT molecular complexity index is 372. The molecule has 2 N–H and O–H groups in total. The van der Waals surface area contributed by atoms with Gasteiger partial charge >= 0.3 is 0 Å². The maximum Gasteiger partial charge on any atom is 0.0377 e. The lowest BCUT2D eigenvalue weighted by atomic mass is 9.91. The SMILES string of the molecule is CC(N)c1ccc(N(C)C2CCC2)cc1Br. The van der Waals surface area contributed by atoms with Crippen molar-refractivity contribution in [2.45, 2.75) is 38.3 Å². The number of halogens is 1. The van der Waals surface area contributed by atoms with Gasteiger partial charge in [0.1, 0.15) is 0 Å². The zero-order valence-electron chi connectivity index (χ0n) is 9.91. The van der Waals surface area contributed by atoms with Crippen LogP contribution in [0.4, 0.5) is 5.69 Å². The molecule has 3 heteroatoms. The number of rotatable bonds is 3. The molecule has 0 aromatic heterocycles. The first-order valence-corrected chi connectivity index (χ1v) is 6.66. The number of nitrogens with two attached hydrogens (primary N) is 1. The minimum atomic E-state index is 0.0810. The molecule has 0 spiro atoms. The molecule has 1 aromatic rings. The van der Waals surface area contributed by atoms with Gasteiger partial charge in [-0.2, -0.15) is 0 Å². The van der Waals surface area contributed by atoms with Crippen molar-refractivity contribution in [1.29, 1.82) is 0 Å². The Morgan fingerprint density at radius 1 is 1.44 bits per heavy atom. The highest BCUT2D eigenvalue weighted by Gasteiger charge is 2.22. The van der Waals surface area contributed by atoms with E-state index in [2.05, 4.69) is 46.1 Å². The molecule has 88 valence electrons. The van der Waals surface area contributed by atoms with E-state index < -0.39 is 0 Å². The summed E-state index contributed by atoms with van der Waals surface area (Å²) in [4.78, 5) is 2.37. The quantitative estimate of drug-likeness (QED) is 0.920. The molecule has 0 aliphatic heterocycles. The molecule has 16 heavy (non-hydrogen) atoms. The van der Waals surface area contributed by atoms with Crippen LogP contribution in [0, 0.1) is 0 Å². The van der Waals surface area contributed by atoms with Crippen LogP contribution in [-0.4, -0.2) is 13.1 Å². The maximum atomic E-state index is 5.89. The van der Waals surface area contributed by atoms with E-state index in [1.807, 2.05) is 6.92 Å². The van der Waals surface area contributed by atoms with Crippen LogP contribution in [0.25, 0.3) is 0 Å². The zero-order valence-corrected chi connectivity index (χ0v) is 11.5.